The van der Waals surface area contributed by atoms with Crippen LogP contribution in [0.15, 0.2) is 46.9 Å². The second-order valence-corrected chi connectivity index (χ2v) is 4.92. The third kappa shape index (κ3) is 2.67. The van der Waals surface area contributed by atoms with Crippen molar-refractivity contribution in [3.63, 3.8) is 0 Å². The molecule has 0 N–H and O–H groups in total. The summed E-state index contributed by atoms with van der Waals surface area (Å²) in [5.74, 6) is 0. The molecule has 2 aromatic rings. The van der Waals surface area contributed by atoms with Gasteiger partial charge in [-0.2, -0.15) is 5.26 Å². The summed E-state index contributed by atoms with van der Waals surface area (Å²) in [5.41, 5.74) is 2.68. The van der Waals surface area contributed by atoms with Crippen molar-refractivity contribution in [1.29, 1.82) is 5.26 Å². The van der Waals surface area contributed by atoms with Crippen LogP contribution in [0, 0.1) is 11.3 Å². The van der Waals surface area contributed by atoms with E-state index in [-0.39, 0.29) is 0 Å². The summed E-state index contributed by atoms with van der Waals surface area (Å²) in [7, 11) is 1.84. The molecule has 0 aliphatic rings. The van der Waals surface area contributed by atoms with Crippen LogP contribution in [0.25, 0.3) is 0 Å². The Morgan fingerprint density at radius 2 is 1.95 bits per heavy atom. The number of carbonyl (C=O) groups is 1. The van der Waals surface area contributed by atoms with Crippen molar-refractivity contribution in [3.8, 4) is 6.07 Å². The molecule has 0 aliphatic carbocycles. The average Bonchev–Trinajstić information content (AvgIpc) is 2.46. The van der Waals surface area contributed by atoms with E-state index in [4.69, 9.17) is 5.26 Å². The maximum Gasteiger partial charge on any atom is 0.152 e. The summed E-state index contributed by atoms with van der Waals surface area (Å²) in [5, 5.41) is 9.14. The Kier molecular flexibility index (Phi) is 3.98. The summed E-state index contributed by atoms with van der Waals surface area (Å²) in [4.78, 5) is 13.0. The lowest BCUT2D eigenvalue weighted by Crippen LogP contribution is -2.13. The van der Waals surface area contributed by atoms with Crippen LogP contribution < -0.4 is 4.90 Å². The minimum atomic E-state index is 0.571. The predicted octanol–water partition coefficient (Wildman–Crippen LogP) is 3.90. The highest BCUT2D eigenvalue weighted by molar-refractivity contribution is 9.10. The maximum atomic E-state index is 11.1. The molecule has 0 saturated carbocycles. The Balaban J connectivity index is 2.56. The number of carbonyl (C=O) groups excluding carboxylic acids is 1. The van der Waals surface area contributed by atoms with Gasteiger partial charge < -0.3 is 4.90 Å². The Bertz CT molecular complexity index is 661. The number of nitrogens with zero attached hydrogens (tertiary/aromatic N) is 2. The topological polar surface area (TPSA) is 44.1 Å². The third-order valence-electron chi connectivity index (χ3n) is 2.87. The molecule has 0 aromatic heterocycles. The van der Waals surface area contributed by atoms with E-state index in [1.807, 2.05) is 42.3 Å². The summed E-state index contributed by atoms with van der Waals surface area (Å²) >= 11 is 3.39. The highest BCUT2D eigenvalue weighted by Crippen LogP contribution is 2.30. The van der Waals surface area contributed by atoms with E-state index < -0.39 is 0 Å². The van der Waals surface area contributed by atoms with Gasteiger partial charge in [0, 0.05) is 17.1 Å². The molecular formula is C15H11BrN2O. The van der Waals surface area contributed by atoms with Crippen LogP contribution in [-0.2, 0) is 0 Å². The number of halogens is 1. The number of rotatable bonds is 3. The highest BCUT2D eigenvalue weighted by Gasteiger charge is 2.12. The molecule has 0 bridgehead atoms. The lowest BCUT2D eigenvalue weighted by atomic mass is 10.1. The van der Waals surface area contributed by atoms with E-state index in [1.165, 1.54) is 0 Å². The Morgan fingerprint density at radius 1 is 1.21 bits per heavy atom. The van der Waals surface area contributed by atoms with Crippen LogP contribution >= 0.6 is 15.9 Å². The van der Waals surface area contributed by atoms with E-state index in [0.717, 1.165) is 22.1 Å². The first kappa shape index (κ1) is 13.3. The minimum absolute atomic E-state index is 0.571. The molecule has 3 nitrogen and oxygen atoms in total. The van der Waals surface area contributed by atoms with E-state index in [9.17, 15) is 4.79 Å². The molecule has 0 radical (unpaired) electrons. The molecule has 0 spiro atoms. The molecular weight excluding hydrogens is 304 g/mol. The largest absolute Gasteiger partial charge is 0.343 e. The van der Waals surface area contributed by atoms with Crippen molar-refractivity contribution >= 4 is 33.6 Å². The molecule has 0 heterocycles. The van der Waals surface area contributed by atoms with Gasteiger partial charge in [-0.25, -0.2) is 0 Å². The van der Waals surface area contributed by atoms with Crippen molar-refractivity contribution in [2.45, 2.75) is 0 Å². The molecule has 94 valence electrons. The zero-order valence-corrected chi connectivity index (χ0v) is 11.9. The highest BCUT2D eigenvalue weighted by atomic mass is 79.9. The van der Waals surface area contributed by atoms with E-state index in [1.54, 1.807) is 12.1 Å². The quantitative estimate of drug-likeness (QED) is 0.807. The lowest BCUT2D eigenvalue weighted by Gasteiger charge is -2.22. The number of nitriles is 1. The number of hydrogen-bond donors (Lipinski definition) is 0. The van der Waals surface area contributed by atoms with Crippen molar-refractivity contribution in [2.24, 2.45) is 0 Å². The second kappa shape index (κ2) is 5.68. The number of benzene rings is 2. The molecule has 0 fully saturated rings. The first-order valence-electron chi connectivity index (χ1n) is 5.65. The molecule has 19 heavy (non-hydrogen) atoms. The summed E-state index contributed by atoms with van der Waals surface area (Å²) in [6.07, 6.45) is 0.813. The van der Waals surface area contributed by atoms with Gasteiger partial charge in [-0.3, -0.25) is 4.79 Å². The summed E-state index contributed by atoms with van der Waals surface area (Å²) in [6, 6.07) is 14.9. The van der Waals surface area contributed by atoms with Crippen LogP contribution in [0.1, 0.15) is 15.9 Å². The van der Waals surface area contributed by atoms with Gasteiger partial charge in [0.2, 0.25) is 0 Å². The first-order chi connectivity index (χ1) is 9.17. The molecule has 0 aliphatic heterocycles. The average molecular weight is 315 g/mol. The van der Waals surface area contributed by atoms with Crippen LogP contribution in [0.3, 0.4) is 0 Å². The number of para-hydroxylation sites is 1. The normalized spacial score (nSPS) is 9.74. The fraction of sp³-hybridized carbons (Fsp3) is 0.0667. The van der Waals surface area contributed by atoms with Gasteiger partial charge in [0.15, 0.2) is 6.29 Å². The van der Waals surface area contributed by atoms with Gasteiger partial charge in [0.1, 0.15) is 6.07 Å². The lowest BCUT2D eigenvalue weighted by molar-refractivity contribution is 0.112. The summed E-state index contributed by atoms with van der Waals surface area (Å²) < 4.78 is 0.884. The third-order valence-corrected chi connectivity index (χ3v) is 3.36. The van der Waals surface area contributed by atoms with Crippen molar-refractivity contribution in [3.05, 3.63) is 58.1 Å². The molecule has 0 saturated heterocycles. The van der Waals surface area contributed by atoms with E-state index in [2.05, 4.69) is 22.0 Å². The Morgan fingerprint density at radius 3 is 2.63 bits per heavy atom. The van der Waals surface area contributed by atoms with Crippen LogP contribution in [0.2, 0.25) is 0 Å². The summed E-state index contributed by atoms with van der Waals surface area (Å²) in [6.45, 7) is 0. The molecule has 0 amide bonds. The van der Waals surface area contributed by atoms with E-state index in [0.29, 0.717) is 11.1 Å². The van der Waals surface area contributed by atoms with Crippen molar-refractivity contribution in [1.82, 2.24) is 0 Å². The Labute approximate surface area is 120 Å². The maximum absolute atomic E-state index is 11.1. The van der Waals surface area contributed by atoms with Gasteiger partial charge in [-0.15, -0.1) is 0 Å². The fourth-order valence-corrected chi connectivity index (χ4v) is 2.25. The van der Waals surface area contributed by atoms with Gasteiger partial charge in [-0.05, 0) is 30.3 Å². The monoisotopic (exact) mass is 314 g/mol. The number of anilines is 2. The van der Waals surface area contributed by atoms with Crippen molar-refractivity contribution < 1.29 is 4.79 Å². The van der Waals surface area contributed by atoms with Crippen LogP contribution in [0.4, 0.5) is 11.4 Å². The predicted molar refractivity (Wildman–Crippen MR) is 78.7 cm³/mol. The molecule has 2 aromatic carbocycles. The van der Waals surface area contributed by atoms with Crippen LogP contribution in [0.5, 0.6) is 0 Å². The zero-order chi connectivity index (χ0) is 13.8. The van der Waals surface area contributed by atoms with Gasteiger partial charge in [0.05, 0.1) is 16.9 Å². The van der Waals surface area contributed by atoms with Gasteiger partial charge in [0.25, 0.3) is 0 Å². The smallest absolute Gasteiger partial charge is 0.152 e. The van der Waals surface area contributed by atoms with Crippen molar-refractivity contribution in [2.75, 3.05) is 11.9 Å². The standard InChI is InChI=1S/C15H11BrN2O/c1-18(14-5-3-2-4-11(14)9-17)15-8-13(16)7-6-12(15)10-19/h2-8,10H,1H3. The minimum Gasteiger partial charge on any atom is -0.343 e. The second-order valence-electron chi connectivity index (χ2n) is 4.01. The first-order valence-corrected chi connectivity index (χ1v) is 6.44. The number of aldehydes is 1. The Hall–Kier alpha value is -2.12. The number of hydrogen-bond acceptors (Lipinski definition) is 3. The van der Waals surface area contributed by atoms with Gasteiger partial charge >= 0.3 is 0 Å². The zero-order valence-electron chi connectivity index (χ0n) is 10.3. The van der Waals surface area contributed by atoms with Crippen LogP contribution in [-0.4, -0.2) is 13.3 Å². The van der Waals surface area contributed by atoms with Gasteiger partial charge in [-0.1, -0.05) is 28.1 Å². The van der Waals surface area contributed by atoms with E-state index >= 15 is 0 Å². The molecule has 0 unspecified atom stereocenters. The fourth-order valence-electron chi connectivity index (χ4n) is 1.90. The molecule has 4 heteroatoms. The molecule has 2 rings (SSSR count). The SMILES string of the molecule is CN(c1ccccc1C#N)c1cc(Br)ccc1C=O. The molecule has 0 atom stereocenters.